The molecule has 0 aliphatic heterocycles. The van der Waals surface area contributed by atoms with Crippen molar-refractivity contribution in [3.05, 3.63) is 39.6 Å². The third-order valence-electron chi connectivity index (χ3n) is 2.22. The smallest absolute Gasteiger partial charge is 0.244 e. The van der Waals surface area contributed by atoms with Crippen molar-refractivity contribution in [1.82, 2.24) is 10.2 Å². The van der Waals surface area contributed by atoms with E-state index in [1.54, 1.807) is 12.1 Å². The first-order valence-electron chi connectivity index (χ1n) is 4.31. The number of rotatable bonds is 0. The molecule has 3 aromatic rings. The minimum Gasteiger partial charge on any atom is -0.436 e. The summed E-state index contributed by atoms with van der Waals surface area (Å²) in [5.74, 6) is 0. The second-order valence-electron chi connectivity index (χ2n) is 3.19. The number of furan rings is 1. The third-order valence-corrected chi connectivity index (χ3v) is 2.41. The summed E-state index contributed by atoms with van der Waals surface area (Å²) in [6, 6.07) is 6.36. The number of halogens is 1. The molecule has 0 saturated heterocycles. The lowest BCUT2D eigenvalue weighted by Gasteiger charge is -1.89. The van der Waals surface area contributed by atoms with E-state index in [0.29, 0.717) is 16.4 Å². The number of nitrogens with zero attached hydrogens (tertiary/aromatic N) is 1. The Morgan fingerprint density at radius 3 is 3.00 bits per heavy atom. The van der Waals surface area contributed by atoms with Crippen molar-refractivity contribution in [1.29, 1.82) is 0 Å². The summed E-state index contributed by atoms with van der Waals surface area (Å²) < 4.78 is 5.39. The zero-order valence-corrected chi connectivity index (χ0v) is 8.21. The van der Waals surface area contributed by atoms with Gasteiger partial charge in [-0.3, -0.25) is 9.89 Å². The molecule has 0 atom stereocenters. The monoisotopic (exact) mass is 220 g/mol. The molecule has 0 fully saturated rings. The van der Waals surface area contributed by atoms with E-state index < -0.39 is 0 Å². The summed E-state index contributed by atoms with van der Waals surface area (Å²) in [6.07, 6.45) is 0. The van der Waals surface area contributed by atoms with Crippen LogP contribution in [-0.4, -0.2) is 10.2 Å². The largest absolute Gasteiger partial charge is 0.436 e. The second kappa shape index (κ2) is 2.84. The van der Waals surface area contributed by atoms with Crippen LogP contribution in [0.15, 0.2) is 33.5 Å². The summed E-state index contributed by atoms with van der Waals surface area (Å²) in [5, 5.41) is 8.58. The standard InChI is InChI=1S/C10H5ClN2O2/c11-9-4-7-6-2-1-5(14)3-8(6)15-10(7)13-12-9/h1-4,12H. The lowest BCUT2D eigenvalue weighted by Crippen LogP contribution is -1.92. The van der Waals surface area contributed by atoms with Gasteiger partial charge < -0.3 is 4.42 Å². The van der Waals surface area contributed by atoms with Crippen LogP contribution in [0, 0.1) is 0 Å². The Kier molecular flexibility index (Phi) is 1.61. The number of benzene rings is 1. The molecule has 0 bridgehead atoms. The number of aromatic amines is 1. The Labute approximate surface area is 88.5 Å². The maximum Gasteiger partial charge on any atom is 0.244 e. The molecule has 0 radical (unpaired) electrons. The summed E-state index contributed by atoms with van der Waals surface area (Å²) in [7, 11) is 0. The van der Waals surface area contributed by atoms with Gasteiger partial charge in [-0.1, -0.05) is 11.6 Å². The van der Waals surface area contributed by atoms with Gasteiger partial charge in [-0.2, -0.15) is 0 Å². The lowest BCUT2D eigenvalue weighted by atomic mass is 10.2. The van der Waals surface area contributed by atoms with E-state index in [9.17, 15) is 4.79 Å². The van der Waals surface area contributed by atoms with Crippen LogP contribution in [0.25, 0.3) is 22.1 Å². The van der Waals surface area contributed by atoms with Gasteiger partial charge in [0.25, 0.3) is 0 Å². The van der Waals surface area contributed by atoms with Crippen molar-refractivity contribution in [3.8, 4) is 0 Å². The first kappa shape index (κ1) is 8.49. The highest BCUT2D eigenvalue weighted by molar-refractivity contribution is 6.30. The fourth-order valence-electron chi connectivity index (χ4n) is 1.57. The quantitative estimate of drug-likeness (QED) is 0.633. The van der Waals surface area contributed by atoms with Crippen LogP contribution in [0.5, 0.6) is 0 Å². The Morgan fingerprint density at radius 1 is 1.27 bits per heavy atom. The van der Waals surface area contributed by atoms with Crippen molar-refractivity contribution in [2.24, 2.45) is 0 Å². The SMILES string of the molecule is O=c1ccc2c(c1)oc1n[nH]c(Cl)cc12. The molecule has 1 N–H and O–H groups in total. The molecular formula is C10H5ClN2O2. The van der Waals surface area contributed by atoms with E-state index in [-0.39, 0.29) is 5.43 Å². The predicted molar refractivity (Wildman–Crippen MR) is 57.1 cm³/mol. The molecule has 15 heavy (non-hydrogen) atoms. The minimum atomic E-state index is -0.0865. The van der Waals surface area contributed by atoms with E-state index in [1.807, 2.05) is 0 Å². The van der Waals surface area contributed by atoms with E-state index in [2.05, 4.69) is 10.2 Å². The van der Waals surface area contributed by atoms with Crippen molar-refractivity contribution >= 4 is 33.7 Å². The summed E-state index contributed by atoms with van der Waals surface area (Å²) >= 11 is 5.79. The molecule has 5 heteroatoms. The highest BCUT2D eigenvalue weighted by Gasteiger charge is 2.08. The van der Waals surface area contributed by atoms with Gasteiger partial charge in [0.15, 0.2) is 5.43 Å². The van der Waals surface area contributed by atoms with Crippen molar-refractivity contribution < 1.29 is 4.42 Å². The molecule has 4 nitrogen and oxygen atoms in total. The normalized spacial score (nSPS) is 11.3. The Hall–Kier alpha value is -1.81. The molecule has 0 amide bonds. The van der Waals surface area contributed by atoms with E-state index >= 15 is 0 Å². The van der Waals surface area contributed by atoms with Crippen LogP contribution in [0.4, 0.5) is 0 Å². The van der Waals surface area contributed by atoms with Gasteiger partial charge in [0, 0.05) is 11.5 Å². The van der Waals surface area contributed by atoms with Gasteiger partial charge in [0.05, 0.1) is 5.39 Å². The molecule has 0 unspecified atom stereocenters. The molecule has 74 valence electrons. The van der Waals surface area contributed by atoms with Gasteiger partial charge >= 0.3 is 0 Å². The highest BCUT2D eigenvalue weighted by atomic mass is 35.5. The second-order valence-corrected chi connectivity index (χ2v) is 3.60. The van der Waals surface area contributed by atoms with Gasteiger partial charge in [-0.25, -0.2) is 0 Å². The zero-order chi connectivity index (χ0) is 10.4. The molecule has 0 aliphatic rings. The molecule has 2 aromatic heterocycles. The molecule has 0 aliphatic carbocycles. The van der Waals surface area contributed by atoms with E-state index in [4.69, 9.17) is 16.0 Å². The fourth-order valence-corrected chi connectivity index (χ4v) is 1.72. The molecule has 0 spiro atoms. The molecule has 2 heterocycles. The highest BCUT2D eigenvalue weighted by Crippen LogP contribution is 2.26. The molecule has 1 aromatic carbocycles. The van der Waals surface area contributed by atoms with E-state index in [0.717, 1.165) is 10.8 Å². The number of hydrogen-bond donors (Lipinski definition) is 1. The van der Waals surface area contributed by atoms with Gasteiger partial charge in [-0.05, 0) is 18.2 Å². The maximum absolute atomic E-state index is 11.1. The molecular weight excluding hydrogens is 216 g/mol. The zero-order valence-electron chi connectivity index (χ0n) is 7.45. The maximum atomic E-state index is 11.1. The van der Waals surface area contributed by atoms with Crippen LogP contribution in [0.1, 0.15) is 0 Å². The number of nitrogens with one attached hydrogen (secondary N) is 1. The van der Waals surface area contributed by atoms with Crippen LogP contribution >= 0.6 is 11.6 Å². The van der Waals surface area contributed by atoms with E-state index in [1.165, 1.54) is 12.1 Å². The summed E-state index contributed by atoms with van der Waals surface area (Å²) in [5.41, 5.74) is 0.886. The molecule has 3 rings (SSSR count). The number of fused-ring (bicyclic) bond motifs is 3. The Morgan fingerprint density at radius 2 is 2.13 bits per heavy atom. The summed E-state index contributed by atoms with van der Waals surface area (Å²) in [4.78, 5) is 11.1. The fraction of sp³-hybridized carbons (Fsp3) is 0. The third kappa shape index (κ3) is 1.22. The first-order chi connectivity index (χ1) is 7.24. The number of hydrogen-bond acceptors (Lipinski definition) is 3. The minimum absolute atomic E-state index is 0.0865. The Bertz CT molecular complexity index is 714. The van der Waals surface area contributed by atoms with Gasteiger partial charge in [0.2, 0.25) is 5.71 Å². The van der Waals surface area contributed by atoms with Crippen molar-refractivity contribution in [2.75, 3.05) is 0 Å². The van der Waals surface area contributed by atoms with Crippen LogP contribution in [0.3, 0.4) is 0 Å². The van der Waals surface area contributed by atoms with Gasteiger partial charge in [-0.15, -0.1) is 5.10 Å². The summed E-state index contributed by atoms with van der Waals surface area (Å²) in [6.45, 7) is 0. The topological polar surface area (TPSA) is 58.9 Å². The van der Waals surface area contributed by atoms with Crippen LogP contribution < -0.4 is 5.43 Å². The lowest BCUT2D eigenvalue weighted by molar-refractivity contribution is 0.645. The average Bonchev–Trinajstić information content (AvgIpc) is 2.54. The van der Waals surface area contributed by atoms with Gasteiger partial charge in [0.1, 0.15) is 10.7 Å². The predicted octanol–water partition coefficient (Wildman–Crippen LogP) is 2.32. The van der Waals surface area contributed by atoms with Crippen LogP contribution in [-0.2, 0) is 0 Å². The van der Waals surface area contributed by atoms with Crippen molar-refractivity contribution in [3.63, 3.8) is 0 Å². The number of aromatic nitrogens is 2. The molecule has 0 saturated carbocycles. The van der Waals surface area contributed by atoms with Crippen LogP contribution in [0.2, 0.25) is 5.15 Å². The Balaban J connectivity index is 2.58. The number of H-pyrrole nitrogens is 1. The first-order valence-corrected chi connectivity index (χ1v) is 4.69. The average molecular weight is 221 g/mol. The van der Waals surface area contributed by atoms with Crippen molar-refractivity contribution in [2.45, 2.75) is 0 Å².